The quantitative estimate of drug-likeness (QED) is 0.188. The van der Waals surface area contributed by atoms with E-state index in [1.807, 2.05) is 28.9 Å². The first-order valence-electron chi connectivity index (χ1n) is 15.5. The van der Waals surface area contributed by atoms with Crippen molar-refractivity contribution >= 4 is 107 Å². The summed E-state index contributed by atoms with van der Waals surface area (Å²) in [6.45, 7) is 0. The summed E-state index contributed by atoms with van der Waals surface area (Å²) in [7, 11) is 0. The van der Waals surface area contributed by atoms with Crippen molar-refractivity contribution in [3.63, 3.8) is 0 Å². The number of aromatic nitrogens is 3. The van der Waals surface area contributed by atoms with E-state index in [9.17, 15) is 0 Å². The first-order valence-corrected chi connectivity index (χ1v) is 17.1. The molecule has 0 aliphatic heterocycles. The Hall–Kier alpha value is -5.49. The number of benzene rings is 6. The first-order chi connectivity index (χ1) is 22.9. The van der Waals surface area contributed by atoms with Gasteiger partial charge < -0.3 is 9.13 Å². The van der Waals surface area contributed by atoms with Crippen molar-refractivity contribution in [2.75, 3.05) is 0 Å². The van der Waals surface area contributed by atoms with Gasteiger partial charge in [-0.25, -0.2) is 4.98 Å². The molecule has 0 spiro atoms. The maximum Gasteiger partial charge on any atom is 0.124 e. The molecule has 0 aliphatic rings. The molecular formula is C41H23N3S2. The molecule has 0 aliphatic carbocycles. The molecule has 5 heteroatoms. The van der Waals surface area contributed by atoms with Gasteiger partial charge in [0.2, 0.25) is 0 Å². The number of pyridine rings is 1. The van der Waals surface area contributed by atoms with Gasteiger partial charge >= 0.3 is 0 Å². The van der Waals surface area contributed by atoms with Crippen molar-refractivity contribution in [1.82, 2.24) is 14.1 Å². The molecule has 0 saturated carbocycles. The van der Waals surface area contributed by atoms with Crippen LogP contribution in [0.2, 0.25) is 0 Å². The molecule has 0 saturated heterocycles. The summed E-state index contributed by atoms with van der Waals surface area (Å²) in [5.74, 6) is 0. The Balaban J connectivity index is 1.48. The summed E-state index contributed by atoms with van der Waals surface area (Å²) in [4.78, 5) is 5.99. The summed E-state index contributed by atoms with van der Waals surface area (Å²) in [5, 5.41) is 10.2. The Morgan fingerprint density at radius 3 is 1.96 bits per heavy atom. The fourth-order valence-corrected chi connectivity index (χ4v) is 10.2. The lowest BCUT2D eigenvalue weighted by Crippen LogP contribution is -1.96. The van der Waals surface area contributed by atoms with E-state index in [1.54, 1.807) is 0 Å². The van der Waals surface area contributed by atoms with Gasteiger partial charge in [0.25, 0.3) is 0 Å². The predicted molar refractivity (Wildman–Crippen MR) is 199 cm³/mol. The molecule has 0 atom stereocenters. The van der Waals surface area contributed by atoms with Crippen molar-refractivity contribution in [2.45, 2.75) is 0 Å². The normalized spacial score (nSPS) is 12.3. The van der Waals surface area contributed by atoms with Gasteiger partial charge in [-0.2, -0.15) is 0 Å². The van der Waals surface area contributed by atoms with Gasteiger partial charge in [-0.05, 0) is 48.5 Å². The SMILES string of the molecule is c1ccc(-n2c3ccccc3c3c4c5cccnc5sc4c4c(c5ccccc5n4-c4cccc5c4sc4ccccc45)c32)cc1. The van der Waals surface area contributed by atoms with Gasteiger partial charge in [-0.3, -0.25) is 0 Å². The number of hydrogen-bond donors (Lipinski definition) is 0. The zero-order valence-electron chi connectivity index (χ0n) is 24.4. The summed E-state index contributed by atoms with van der Waals surface area (Å²) in [6.07, 6.45) is 1.92. The monoisotopic (exact) mass is 621 g/mol. The molecule has 5 heterocycles. The fourth-order valence-electron chi connectivity index (χ4n) is 7.78. The second-order valence-electron chi connectivity index (χ2n) is 11.9. The topological polar surface area (TPSA) is 22.8 Å². The van der Waals surface area contributed by atoms with E-state index in [2.05, 4.69) is 143 Å². The Morgan fingerprint density at radius 2 is 1.11 bits per heavy atom. The lowest BCUT2D eigenvalue weighted by molar-refractivity contribution is 1.18. The van der Waals surface area contributed by atoms with Crippen molar-refractivity contribution in [2.24, 2.45) is 0 Å². The lowest BCUT2D eigenvalue weighted by atomic mass is 10.0. The number of nitrogens with zero attached hydrogens (tertiary/aromatic N) is 3. The van der Waals surface area contributed by atoms with Crippen LogP contribution < -0.4 is 0 Å². The highest BCUT2D eigenvalue weighted by Crippen LogP contribution is 2.51. The van der Waals surface area contributed by atoms with Crippen LogP contribution in [0.4, 0.5) is 0 Å². The van der Waals surface area contributed by atoms with E-state index in [0.717, 1.165) is 10.5 Å². The molecule has 46 heavy (non-hydrogen) atoms. The standard InChI is InChI=1S/C41H23N3S2/c1-2-12-24(13-3-1)43-30-19-7-4-15-27(30)34-35-29-18-11-23-42-41(29)46-40(35)38-36(37(34)43)28-16-5-8-20-31(28)44(38)32-21-10-17-26-25-14-6-9-22-33(25)45-39(26)32/h1-23H. The summed E-state index contributed by atoms with van der Waals surface area (Å²) in [6, 6.07) is 48.6. The lowest BCUT2D eigenvalue weighted by Gasteiger charge is -2.12. The molecule has 0 fully saturated rings. The number of hydrogen-bond acceptors (Lipinski definition) is 3. The van der Waals surface area contributed by atoms with E-state index in [1.165, 1.54) is 84.9 Å². The highest BCUT2D eigenvalue weighted by atomic mass is 32.1. The van der Waals surface area contributed by atoms with Crippen LogP contribution in [-0.2, 0) is 0 Å². The number of thiophene rings is 2. The van der Waals surface area contributed by atoms with E-state index >= 15 is 0 Å². The molecule has 214 valence electrons. The minimum absolute atomic E-state index is 1.07. The number of rotatable bonds is 2. The fraction of sp³-hybridized carbons (Fsp3) is 0. The van der Waals surface area contributed by atoms with Crippen molar-refractivity contribution in [1.29, 1.82) is 0 Å². The molecule has 0 radical (unpaired) electrons. The van der Waals surface area contributed by atoms with Gasteiger partial charge in [-0.15, -0.1) is 22.7 Å². The van der Waals surface area contributed by atoms with Crippen LogP contribution in [0.25, 0.3) is 95.5 Å². The van der Waals surface area contributed by atoms with Crippen LogP contribution in [0.1, 0.15) is 0 Å². The molecule has 0 N–H and O–H groups in total. The van der Waals surface area contributed by atoms with Gasteiger partial charge in [0.1, 0.15) is 4.83 Å². The molecule has 11 aromatic rings. The van der Waals surface area contributed by atoms with Gasteiger partial charge in [0, 0.05) is 59.7 Å². The smallest absolute Gasteiger partial charge is 0.124 e. The third kappa shape index (κ3) is 3.09. The van der Waals surface area contributed by atoms with Crippen molar-refractivity contribution < 1.29 is 0 Å². The van der Waals surface area contributed by atoms with Crippen molar-refractivity contribution in [3.05, 3.63) is 140 Å². The number of para-hydroxylation sites is 3. The van der Waals surface area contributed by atoms with E-state index in [4.69, 9.17) is 4.98 Å². The molecule has 5 aromatic heterocycles. The largest absolute Gasteiger partial charge is 0.309 e. The van der Waals surface area contributed by atoms with Gasteiger partial charge in [0.05, 0.1) is 37.2 Å². The van der Waals surface area contributed by atoms with Gasteiger partial charge in [0.15, 0.2) is 0 Å². The third-order valence-corrected chi connectivity index (χ3v) is 11.9. The molecule has 0 unspecified atom stereocenters. The Labute approximate surface area is 270 Å². The summed E-state index contributed by atoms with van der Waals surface area (Å²) >= 11 is 3.70. The predicted octanol–water partition coefficient (Wildman–Crippen LogP) is 12.0. The van der Waals surface area contributed by atoms with Crippen LogP contribution in [-0.4, -0.2) is 14.1 Å². The van der Waals surface area contributed by atoms with Crippen LogP contribution in [0.5, 0.6) is 0 Å². The first kappa shape index (κ1) is 24.8. The van der Waals surface area contributed by atoms with Crippen LogP contribution in [0.15, 0.2) is 140 Å². The minimum Gasteiger partial charge on any atom is -0.309 e. The molecule has 0 amide bonds. The van der Waals surface area contributed by atoms with E-state index in [0.29, 0.717) is 0 Å². The highest BCUT2D eigenvalue weighted by Gasteiger charge is 2.27. The van der Waals surface area contributed by atoms with Crippen LogP contribution in [0, 0.1) is 0 Å². The Morgan fingerprint density at radius 1 is 0.435 bits per heavy atom. The second-order valence-corrected chi connectivity index (χ2v) is 14.0. The molecule has 0 bridgehead atoms. The third-order valence-electron chi connectivity index (χ3n) is 9.56. The zero-order valence-corrected chi connectivity index (χ0v) is 26.1. The molecular weight excluding hydrogens is 599 g/mol. The Kier molecular flexibility index (Phi) is 4.87. The van der Waals surface area contributed by atoms with E-state index < -0.39 is 0 Å². The minimum atomic E-state index is 1.07. The number of fused-ring (bicyclic) bond motifs is 15. The average Bonchev–Trinajstić information content (AvgIpc) is 3.86. The molecule has 6 aromatic carbocycles. The zero-order chi connectivity index (χ0) is 29.9. The maximum absolute atomic E-state index is 4.92. The Bertz CT molecular complexity index is 3030. The van der Waals surface area contributed by atoms with Gasteiger partial charge in [-0.1, -0.05) is 84.9 Å². The summed E-state index contributed by atoms with van der Waals surface area (Å²) in [5.41, 5.74) is 7.30. The maximum atomic E-state index is 4.92. The average molecular weight is 622 g/mol. The van der Waals surface area contributed by atoms with Crippen LogP contribution >= 0.6 is 22.7 Å². The summed E-state index contributed by atoms with van der Waals surface area (Å²) < 4.78 is 8.94. The van der Waals surface area contributed by atoms with E-state index in [-0.39, 0.29) is 0 Å². The highest BCUT2D eigenvalue weighted by molar-refractivity contribution is 7.27. The second kappa shape index (κ2) is 9.04. The molecule has 3 nitrogen and oxygen atoms in total. The van der Waals surface area contributed by atoms with Crippen LogP contribution in [0.3, 0.4) is 0 Å². The van der Waals surface area contributed by atoms with Crippen molar-refractivity contribution in [3.8, 4) is 11.4 Å². The molecule has 11 rings (SSSR count).